The monoisotopic (exact) mass is 165 g/mol. The Kier molecular flexibility index (Phi) is 8.09. The smallest absolute Gasteiger partial charge is 1.00 e. The van der Waals surface area contributed by atoms with Crippen LogP contribution in [-0.4, -0.2) is 25.3 Å². The molecule has 4 nitrogen and oxygen atoms in total. The predicted molar refractivity (Wildman–Crippen MR) is 26.6 cm³/mol. The summed E-state index contributed by atoms with van der Waals surface area (Å²) in [5.74, 6) is -0.354. The van der Waals surface area contributed by atoms with Crippen molar-refractivity contribution in [1.82, 2.24) is 0 Å². The van der Waals surface area contributed by atoms with Gasteiger partial charge in [-0.15, -0.1) is 0 Å². The Labute approximate surface area is 92.5 Å². The average molecular weight is 165 g/mol. The molecule has 0 amide bonds. The van der Waals surface area contributed by atoms with E-state index >= 15 is 0 Å². The van der Waals surface area contributed by atoms with Crippen LogP contribution in [0.3, 0.4) is 0 Å². The quantitative estimate of drug-likeness (QED) is 0.322. The van der Waals surface area contributed by atoms with Gasteiger partial charge in [-0.05, 0) is 0 Å². The number of hydrogen-bond donors (Lipinski definition) is 2. The molecule has 0 spiro atoms. The van der Waals surface area contributed by atoms with Gasteiger partial charge in [0.1, 0.15) is 0 Å². The van der Waals surface area contributed by atoms with Crippen molar-refractivity contribution in [3.63, 3.8) is 0 Å². The van der Waals surface area contributed by atoms with Crippen LogP contribution >= 0.6 is 0 Å². The summed E-state index contributed by atoms with van der Waals surface area (Å²) < 4.78 is 27.3. The maximum Gasteiger partial charge on any atom is 1.00 e. The summed E-state index contributed by atoms with van der Waals surface area (Å²) in [4.78, 5) is 0. The summed E-state index contributed by atoms with van der Waals surface area (Å²) in [7, 11) is -3.80. The van der Waals surface area contributed by atoms with Crippen LogP contribution in [-0.2, 0) is 10.1 Å². The first kappa shape index (κ1) is 12.2. The van der Waals surface area contributed by atoms with Gasteiger partial charge in [0.2, 0.25) is 0 Å². The molecule has 0 saturated carbocycles. The Morgan fingerprint density at radius 3 is 2.00 bits per heavy atom. The average Bonchev–Trinajstić information content (AvgIpc) is 1.30. The molecule has 0 aliphatic rings. The minimum absolute atomic E-state index is 0. The van der Waals surface area contributed by atoms with E-state index in [0.717, 1.165) is 0 Å². The molecule has 3 N–H and O–H groups in total. The first-order valence-corrected chi connectivity index (χ1v) is 3.32. The molecular formula is C2H8KNO3S. The summed E-state index contributed by atoms with van der Waals surface area (Å²) in [6, 6.07) is 0. The van der Waals surface area contributed by atoms with E-state index in [2.05, 4.69) is 0 Å². The molecule has 0 aromatic rings. The number of nitrogens with two attached hydrogens (primary N) is 1. The second-order valence-corrected chi connectivity index (χ2v) is 2.65. The minimum atomic E-state index is -3.80. The van der Waals surface area contributed by atoms with Gasteiger partial charge in [0, 0.05) is 6.54 Å². The zero-order valence-electron chi connectivity index (χ0n) is 5.66. The Morgan fingerprint density at radius 1 is 1.62 bits per heavy atom. The van der Waals surface area contributed by atoms with Gasteiger partial charge in [0.25, 0.3) is 10.1 Å². The minimum Gasteiger partial charge on any atom is -1.00 e. The third-order valence-corrected chi connectivity index (χ3v) is 1.13. The summed E-state index contributed by atoms with van der Waals surface area (Å²) in [6.45, 7) is -0.0289. The molecule has 0 rings (SSSR count). The van der Waals surface area contributed by atoms with Crippen molar-refractivity contribution in [3.05, 3.63) is 0 Å². The summed E-state index contributed by atoms with van der Waals surface area (Å²) in [6.07, 6.45) is 0. The van der Waals surface area contributed by atoms with Crippen molar-refractivity contribution in [3.8, 4) is 0 Å². The second kappa shape index (κ2) is 5.30. The van der Waals surface area contributed by atoms with E-state index in [0.29, 0.717) is 0 Å². The SMILES string of the molecule is NCCS(=O)(=O)O.[H-].[K+]. The molecule has 0 aliphatic heterocycles. The Hall–Kier alpha value is 1.51. The van der Waals surface area contributed by atoms with Crippen molar-refractivity contribution in [2.45, 2.75) is 0 Å². The Morgan fingerprint density at radius 2 is 2.00 bits per heavy atom. The zero-order chi connectivity index (χ0) is 5.91. The predicted octanol–water partition coefficient (Wildman–Crippen LogP) is -4.05. The fourth-order valence-corrected chi connectivity index (χ4v) is 0.447. The van der Waals surface area contributed by atoms with Crippen LogP contribution in [0.4, 0.5) is 0 Å². The zero-order valence-corrected chi connectivity index (χ0v) is 8.60. The van der Waals surface area contributed by atoms with E-state index in [4.69, 9.17) is 10.3 Å². The van der Waals surface area contributed by atoms with Crippen LogP contribution in [0, 0.1) is 0 Å². The molecule has 0 fully saturated rings. The molecule has 0 heterocycles. The standard InChI is InChI=1S/C2H7NO3S.K.H/c3-1-2-7(4,5)6;;/h1-3H2,(H,4,5,6);;/q;+1;-1. The molecule has 0 saturated heterocycles. The van der Waals surface area contributed by atoms with Gasteiger partial charge in [0.05, 0.1) is 5.75 Å². The topological polar surface area (TPSA) is 80.4 Å². The van der Waals surface area contributed by atoms with E-state index in [1.165, 1.54) is 0 Å². The van der Waals surface area contributed by atoms with Gasteiger partial charge >= 0.3 is 51.4 Å². The molecule has 0 aliphatic carbocycles. The van der Waals surface area contributed by atoms with Crippen LogP contribution in [0.5, 0.6) is 0 Å². The molecule has 8 heavy (non-hydrogen) atoms. The third-order valence-electron chi connectivity index (χ3n) is 0.376. The van der Waals surface area contributed by atoms with Gasteiger partial charge in [0.15, 0.2) is 0 Å². The van der Waals surface area contributed by atoms with E-state index in [9.17, 15) is 8.42 Å². The summed E-state index contributed by atoms with van der Waals surface area (Å²) >= 11 is 0. The first-order valence-electron chi connectivity index (χ1n) is 1.71. The van der Waals surface area contributed by atoms with Crippen molar-refractivity contribution in [2.75, 3.05) is 12.3 Å². The first-order chi connectivity index (χ1) is 3.06. The van der Waals surface area contributed by atoms with Crippen molar-refractivity contribution < 1.29 is 65.8 Å². The van der Waals surface area contributed by atoms with Gasteiger partial charge in [-0.25, -0.2) is 0 Å². The fourth-order valence-electron chi connectivity index (χ4n) is 0.149. The van der Waals surface area contributed by atoms with Gasteiger partial charge in [-0.2, -0.15) is 8.42 Å². The summed E-state index contributed by atoms with van der Waals surface area (Å²) in [5, 5.41) is 0. The van der Waals surface area contributed by atoms with Crippen molar-refractivity contribution in [2.24, 2.45) is 5.73 Å². The maximum absolute atomic E-state index is 9.71. The molecule has 46 valence electrons. The van der Waals surface area contributed by atoms with Crippen molar-refractivity contribution in [1.29, 1.82) is 0 Å². The van der Waals surface area contributed by atoms with Crippen LogP contribution in [0.15, 0.2) is 0 Å². The van der Waals surface area contributed by atoms with Gasteiger partial charge < -0.3 is 7.16 Å². The fraction of sp³-hybridized carbons (Fsp3) is 1.00. The second-order valence-electron chi connectivity index (χ2n) is 1.07. The largest absolute Gasteiger partial charge is 1.00 e. The molecule has 0 atom stereocenters. The van der Waals surface area contributed by atoms with E-state index < -0.39 is 10.1 Å². The number of hydrogen-bond acceptors (Lipinski definition) is 3. The molecule has 0 aromatic heterocycles. The van der Waals surface area contributed by atoms with Gasteiger partial charge in [-0.1, -0.05) is 0 Å². The molecular weight excluding hydrogens is 157 g/mol. The van der Waals surface area contributed by atoms with Crippen LogP contribution in [0.2, 0.25) is 0 Å². The molecule has 0 radical (unpaired) electrons. The van der Waals surface area contributed by atoms with Gasteiger partial charge in [-0.3, -0.25) is 4.55 Å². The molecule has 0 bridgehead atoms. The molecule has 6 heteroatoms. The normalized spacial score (nSPS) is 10.2. The third kappa shape index (κ3) is 10.5. The molecule has 0 unspecified atom stereocenters. The maximum atomic E-state index is 9.71. The van der Waals surface area contributed by atoms with Crippen molar-refractivity contribution >= 4 is 10.1 Å². The summed E-state index contributed by atoms with van der Waals surface area (Å²) in [5.41, 5.74) is 4.78. The van der Waals surface area contributed by atoms with E-state index in [1.54, 1.807) is 0 Å². The Bertz CT molecular complexity index is 135. The van der Waals surface area contributed by atoms with E-state index in [-0.39, 0.29) is 65.1 Å². The Balaban J connectivity index is -0.000000180. The van der Waals surface area contributed by atoms with E-state index in [1.807, 2.05) is 0 Å². The van der Waals surface area contributed by atoms with Crippen LogP contribution < -0.4 is 57.1 Å². The van der Waals surface area contributed by atoms with Crippen LogP contribution in [0.25, 0.3) is 0 Å². The molecule has 0 aromatic carbocycles. The van der Waals surface area contributed by atoms with Crippen LogP contribution in [0.1, 0.15) is 1.43 Å². The number of rotatable bonds is 2.